The maximum absolute atomic E-state index is 11.8. The van der Waals surface area contributed by atoms with E-state index in [0.29, 0.717) is 25.1 Å². The Morgan fingerprint density at radius 2 is 1.92 bits per heavy atom. The maximum Gasteiger partial charge on any atom is 0.337 e. The van der Waals surface area contributed by atoms with Gasteiger partial charge in [-0.2, -0.15) is 0 Å². The second kappa shape index (κ2) is 8.01. The van der Waals surface area contributed by atoms with Gasteiger partial charge in [-0.15, -0.1) is 0 Å². The van der Waals surface area contributed by atoms with Crippen LogP contribution in [-0.4, -0.2) is 43.5 Å². The molecular weight excluding hydrogens is 332 g/mol. The average molecular weight is 354 g/mol. The minimum atomic E-state index is -0.346. The van der Waals surface area contributed by atoms with E-state index >= 15 is 0 Å². The Bertz CT molecular complexity index is 917. The van der Waals surface area contributed by atoms with Gasteiger partial charge in [0.25, 0.3) is 0 Å². The maximum atomic E-state index is 11.8. The number of benzene rings is 2. The van der Waals surface area contributed by atoms with Gasteiger partial charge in [-0.1, -0.05) is 18.2 Å². The number of imidazole rings is 1. The largest absolute Gasteiger partial charge is 0.494 e. The van der Waals surface area contributed by atoms with Crippen LogP contribution in [0.5, 0.6) is 5.75 Å². The van der Waals surface area contributed by atoms with E-state index in [0.717, 1.165) is 28.2 Å². The highest BCUT2D eigenvalue weighted by Gasteiger charge is 2.15. The Kier molecular flexibility index (Phi) is 5.53. The lowest BCUT2D eigenvalue weighted by molar-refractivity contribution is 0.0600. The number of hydrogen-bond donors (Lipinski definition) is 0. The summed E-state index contributed by atoms with van der Waals surface area (Å²) in [6.45, 7) is 1.27. The number of carbonyl (C=O) groups is 1. The van der Waals surface area contributed by atoms with Gasteiger partial charge in [0.15, 0.2) is 0 Å². The minimum Gasteiger partial charge on any atom is -0.494 e. The molecule has 0 aliphatic rings. The Labute approximate surface area is 152 Å². The van der Waals surface area contributed by atoms with Crippen molar-refractivity contribution in [2.45, 2.75) is 13.0 Å². The van der Waals surface area contributed by atoms with Gasteiger partial charge in [0.1, 0.15) is 17.1 Å². The first kappa shape index (κ1) is 17.9. The van der Waals surface area contributed by atoms with Crippen molar-refractivity contribution in [3.05, 3.63) is 59.4 Å². The normalized spacial score (nSPS) is 10.9. The van der Waals surface area contributed by atoms with Gasteiger partial charge in [0.05, 0.1) is 31.9 Å². The predicted molar refractivity (Wildman–Crippen MR) is 98.7 cm³/mol. The summed E-state index contributed by atoms with van der Waals surface area (Å²) in [5, 5.41) is 0. The van der Waals surface area contributed by atoms with E-state index in [9.17, 15) is 4.79 Å². The minimum absolute atomic E-state index is 0.346. The molecule has 0 fully saturated rings. The van der Waals surface area contributed by atoms with E-state index in [-0.39, 0.29) is 5.97 Å². The summed E-state index contributed by atoms with van der Waals surface area (Å²) in [6.07, 6.45) is 0.590. The van der Waals surface area contributed by atoms with E-state index in [1.807, 2.05) is 36.4 Å². The zero-order valence-electron chi connectivity index (χ0n) is 15.2. The molecular formula is C20H22N2O4. The first-order valence-corrected chi connectivity index (χ1v) is 8.36. The van der Waals surface area contributed by atoms with Gasteiger partial charge in [0, 0.05) is 20.1 Å². The summed E-state index contributed by atoms with van der Waals surface area (Å²) >= 11 is 0. The second-order valence-corrected chi connectivity index (χ2v) is 5.87. The molecule has 26 heavy (non-hydrogen) atoms. The number of nitrogens with zero attached hydrogens (tertiary/aromatic N) is 2. The Morgan fingerprint density at radius 1 is 1.12 bits per heavy atom. The molecule has 3 rings (SSSR count). The van der Waals surface area contributed by atoms with E-state index in [4.69, 9.17) is 19.2 Å². The third-order valence-electron chi connectivity index (χ3n) is 4.27. The fourth-order valence-corrected chi connectivity index (χ4v) is 3.01. The van der Waals surface area contributed by atoms with E-state index in [2.05, 4.69) is 4.57 Å². The third kappa shape index (κ3) is 3.55. The highest BCUT2D eigenvalue weighted by Crippen LogP contribution is 2.27. The monoisotopic (exact) mass is 354 g/mol. The van der Waals surface area contributed by atoms with Crippen LogP contribution in [-0.2, 0) is 22.4 Å². The van der Waals surface area contributed by atoms with Crippen LogP contribution in [0.15, 0.2) is 42.5 Å². The number of fused-ring (bicyclic) bond motifs is 1. The Hall–Kier alpha value is -2.86. The van der Waals surface area contributed by atoms with Crippen molar-refractivity contribution in [2.24, 2.45) is 0 Å². The summed E-state index contributed by atoms with van der Waals surface area (Å²) in [5.41, 5.74) is 3.34. The number of methoxy groups -OCH3 is 3. The highest BCUT2D eigenvalue weighted by atomic mass is 16.5. The standard InChI is InChI=1S/C20H22N2O4/c1-24-11-10-22-16-8-5-9-17(25-2)19(16)21-18(22)13-14-6-4-7-15(12-14)20(23)26-3/h4-9,12H,10-11,13H2,1-3H3. The molecule has 0 amide bonds. The number of esters is 1. The molecule has 136 valence electrons. The van der Waals surface area contributed by atoms with Crippen molar-refractivity contribution in [2.75, 3.05) is 27.9 Å². The lowest BCUT2D eigenvalue weighted by Gasteiger charge is -2.09. The van der Waals surface area contributed by atoms with Gasteiger partial charge in [0.2, 0.25) is 0 Å². The highest BCUT2D eigenvalue weighted by molar-refractivity contribution is 5.89. The van der Waals surface area contributed by atoms with Crippen LogP contribution in [0, 0.1) is 0 Å². The average Bonchev–Trinajstić information content (AvgIpc) is 3.02. The molecule has 6 nitrogen and oxygen atoms in total. The summed E-state index contributed by atoms with van der Waals surface area (Å²) in [4.78, 5) is 16.6. The molecule has 1 aromatic heterocycles. The molecule has 1 heterocycles. The fourth-order valence-electron chi connectivity index (χ4n) is 3.01. The SMILES string of the molecule is COCCn1c(Cc2cccc(C(=O)OC)c2)nc2c(OC)cccc21. The van der Waals surface area contributed by atoms with Crippen LogP contribution in [0.25, 0.3) is 11.0 Å². The molecule has 0 radical (unpaired) electrons. The molecule has 0 spiro atoms. The van der Waals surface area contributed by atoms with Gasteiger partial charge in [-0.3, -0.25) is 0 Å². The number of para-hydroxylation sites is 1. The molecule has 0 saturated carbocycles. The van der Waals surface area contributed by atoms with E-state index in [1.54, 1.807) is 20.3 Å². The molecule has 0 aliphatic carbocycles. The number of carbonyl (C=O) groups excluding carboxylic acids is 1. The van der Waals surface area contributed by atoms with Crippen molar-refractivity contribution in [3.8, 4) is 5.75 Å². The Balaban J connectivity index is 2.02. The molecule has 0 unspecified atom stereocenters. The van der Waals surface area contributed by atoms with Crippen molar-refractivity contribution in [1.82, 2.24) is 9.55 Å². The van der Waals surface area contributed by atoms with Crippen LogP contribution in [0.2, 0.25) is 0 Å². The lowest BCUT2D eigenvalue weighted by atomic mass is 10.1. The second-order valence-electron chi connectivity index (χ2n) is 5.87. The van der Waals surface area contributed by atoms with Crippen LogP contribution in [0.3, 0.4) is 0 Å². The van der Waals surface area contributed by atoms with Crippen molar-refractivity contribution < 1.29 is 19.0 Å². The Morgan fingerprint density at radius 3 is 2.65 bits per heavy atom. The van der Waals surface area contributed by atoms with Gasteiger partial charge >= 0.3 is 5.97 Å². The quantitative estimate of drug-likeness (QED) is 0.610. The zero-order chi connectivity index (χ0) is 18.5. The molecule has 2 aromatic carbocycles. The number of ether oxygens (including phenoxy) is 3. The lowest BCUT2D eigenvalue weighted by Crippen LogP contribution is -2.09. The van der Waals surface area contributed by atoms with E-state index < -0.39 is 0 Å². The first-order valence-electron chi connectivity index (χ1n) is 8.36. The molecule has 6 heteroatoms. The van der Waals surface area contributed by atoms with Crippen LogP contribution < -0.4 is 4.74 Å². The van der Waals surface area contributed by atoms with Gasteiger partial charge in [-0.05, 0) is 29.8 Å². The number of aromatic nitrogens is 2. The predicted octanol–water partition coefficient (Wildman–Crippen LogP) is 3.07. The summed E-state index contributed by atoms with van der Waals surface area (Å²) in [6, 6.07) is 13.3. The topological polar surface area (TPSA) is 62.6 Å². The van der Waals surface area contributed by atoms with Crippen LogP contribution in [0.1, 0.15) is 21.7 Å². The molecule has 0 aliphatic heterocycles. The van der Waals surface area contributed by atoms with Gasteiger partial charge < -0.3 is 18.8 Å². The summed E-state index contributed by atoms with van der Waals surface area (Å²) < 4.78 is 17.6. The molecule has 0 atom stereocenters. The van der Waals surface area contributed by atoms with Crippen molar-refractivity contribution in [1.29, 1.82) is 0 Å². The fraction of sp³-hybridized carbons (Fsp3) is 0.300. The third-order valence-corrected chi connectivity index (χ3v) is 4.27. The van der Waals surface area contributed by atoms with Crippen molar-refractivity contribution in [3.63, 3.8) is 0 Å². The van der Waals surface area contributed by atoms with Gasteiger partial charge in [-0.25, -0.2) is 9.78 Å². The molecule has 0 bridgehead atoms. The smallest absolute Gasteiger partial charge is 0.337 e. The summed E-state index contributed by atoms with van der Waals surface area (Å²) in [5.74, 6) is 1.29. The number of hydrogen-bond acceptors (Lipinski definition) is 5. The van der Waals surface area contributed by atoms with Crippen LogP contribution in [0.4, 0.5) is 0 Å². The number of rotatable bonds is 7. The van der Waals surface area contributed by atoms with Crippen LogP contribution >= 0.6 is 0 Å². The molecule has 3 aromatic rings. The van der Waals surface area contributed by atoms with E-state index in [1.165, 1.54) is 7.11 Å². The van der Waals surface area contributed by atoms with Crippen molar-refractivity contribution >= 4 is 17.0 Å². The molecule has 0 N–H and O–H groups in total. The first-order chi connectivity index (χ1) is 12.7. The zero-order valence-corrected chi connectivity index (χ0v) is 15.2. The molecule has 0 saturated heterocycles. The summed E-state index contributed by atoms with van der Waals surface area (Å²) in [7, 11) is 4.70.